The predicted octanol–water partition coefficient (Wildman–Crippen LogP) is 3.26. The molecule has 0 aliphatic heterocycles. The molecule has 1 heterocycles. The number of benzene rings is 1. The number of hydrogen-bond acceptors (Lipinski definition) is 3. The number of nitrogens with one attached hydrogen (secondary N) is 1. The van der Waals surface area contributed by atoms with E-state index in [1.54, 1.807) is 17.8 Å². The summed E-state index contributed by atoms with van der Waals surface area (Å²) in [7, 11) is 1.81. The zero-order valence-electron chi connectivity index (χ0n) is 10.4. The van der Waals surface area contributed by atoms with Crippen molar-refractivity contribution in [2.45, 2.75) is 13.8 Å². The lowest BCUT2D eigenvalue weighted by molar-refractivity contribution is 0.620. The van der Waals surface area contributed by atoms with E-state index in [9.17, 15) is 4.39 Å². The summed E-state index contributed by atoms with van der Waals surface area (Å²) < 4.78 is 15.4. The van der Waals surface area contributed by atoms with E-state index in [1.807, 2.05) is 13.8 Å². The second-order valence-electron chi connectivity index (χ2n) is 4.18. The van der Waals surface area contributed by atoms with Crippen LogP contribution >= 0.6 is 15.9 Å². The number of nitrogens with two attached hydrogens (primary N) is 1. The molecule has 96 valence electrons. The first-order valence-corrected chi connectivity index (χ1v) is 6.21. The third-order valence-electron chi connectivity index (χ3n) is 2.79. The van der Waals surface area contributed by atoms with Gasteiger partial charge in [0.05, 0.1) is 15.9 Å². The van der Waals surface area contributed by atoms with Crippen LogP contribution in [0.2, 0.25) is 0 Å². The summed E-state index contributed by atoms with van der Waals surface area (Å²) in [5, 5.41) is 7.40. The minimum atomic E-state index is -0.285. The van der Waals surface area contributed by atoms with Crippen LogP contribution in [-0.2, 0) is 7.05 Å². The summed E-state index contributed by atoms with van der Waals surface area (Å²) in [6.07, 6.45) is 0. The van der Waals surface area contributed by atoms with Gasteiger partial charge in [0.25, 0.3) is 0 Å². The number of anilines is 3. The fraction of sp³-hybridized carbons (Fsp3) is 0.250. The van der Waals surface area contributed by atoms with Crippen LogP contribution in [0.25, 0.3) is 0 Å². The molecule has 0 amide bonds. The van der Waals surface area contributed by atoms with Crippen molar-refractivity contribution in [2.75, 3.05) is 11.1 Å². The van der Waals surface area contributed by atoms with Crippen LogP contribution in [-0.4, -0.2) is 9.78 Å². The van der Waals surface area contributed by atoms with Gasteiger partial charge in [0.15, 0.2) is 5.82 Å². The van der Waals surface area contributed by atoms with Gasteiger partial charge in [-0.15, -0.1) is 0 Å². The van der Waals surface area contributed by atoms with Crippen molar-refractivity contribution in [1.82, 2.24) is 9.78 Å². The first-order valence-electron chi connectivity index (χ1n) is 5.42. The first-order chi connectivity index (χ1) is 8.40. The lowest BCUT2D eigenvalue weighted by Gasteiger charge is -2.11. The van der Waals surface area contributed by atoms with E-state index in [-0.39, 0.29) is 5.82 Å². The van der Waals surface area contributed by atoms with E-state index in [1.165, 1.54) is 6.07 Å². The maximum absolute atomic E-state index is 13.3. The van der Waals surface area contributed by atoms with Gasteiger partial charge in [0.1, 0.15) is 5.82 Å². The van der Waals surface area contributed by atoms with Crippen LogP contribution in [0, 0.1) is 19.7 Å². The van der Waals surface area contributed by atoms with Crippen molar-refractivity contribution in [3.05, 3.63) is 33.7 Å². The molecular weight excluding hydrogens is 299 g/mol. The molecule has 0 bridgehead atoms. The fourth-order valence-electron chi connectivity index (χ4n) is 1.73. The highest BCUT2D eigenvalue weighted by Crippen LogP contribution is 2.30. The van der Waals surface area contributed by atoms with E-state index in [2.05, 4.69) is 26.3 Å². The summed E-state index contributed by atoms with van der Waals surface area (Å²) in [6, 6.07) is 3.15. The minimum absolute atomic E-state index is 0.285. The number of aromatic nitrogens is 2. The van der Waals surface area contributed by atoms with Crippen molar-refractivity contribution in [3.8, 4) is 0 Å². The molecule has 0 saturated heterocycles. The van der Waals surface area contributed by atoms with Crippen LogP contribution in [0.4, 0.5) is 21.6 Å². The van der Waals surface area contributed by atoms with Gasteiger partial charge >= 0.3 is 0 Å². The van der Waals surface area contributed by atoms with E-state index in [4.69, 9.17) is 5.73 Å². The Bertz CT molecular complexity index is 607. The van der Waals surface area contributed by atoms with Gasteiger partial charge in [-0.1, -0.05) is 0 Å². The Morgan fingerprint density at radius 1 is 1.39 bits per heavy atom. The van der Waals surface area contributed by atoms with E-state index in [0.717, 1.165) is 16.9 Å². The van der Waals surface area contributed by atoms with Gasteiger partial charge in [0, 0.05) is 12.7 Å². The van der Waals surface area contributed by atoms with Gasteiger partial charge in [-0.25, -0.2) is 4.39 Å². The molecule has 2 rings (SSSR count). The van der Waals surface area contributed by atoms with Crippen LogP contribution in [0.15, 0.2) is 16.6 Å². The average Bonchev–Trinajstić information content (AvgIpc) is 2.52. The summed E-state index contributed by atoms with van der Waals surface area (Å²) in [5.41, 5.74) is 8.88. The van der Waals surface area contributed by atoms with E-state index >= 15 is 0 Å². The molecular formula is C12H14BrFN4. The topological polar surface area (TPSA) is 55.9 Å². The van der Waals surface area contributed by atoms with Crippen molar-refractivity contribution in [2.24, 2.45) is 7.05 Å². The molecule has 0 unspecified atom stereocenters. The summed E-state index contributed by atoms with van der Waals surface area (Å²) >= 11 is 3.17. The van der Waals surface area contributed by atoms with Gasteiger partial charge in [-0.2, -0.15) is 5.10 Å². The molecule has 0 aliphatic rings. The molecule has 0 spiro atoms. The molecule has 0 radical (unpaired) electrons. The Morgan fingerprint density at radius 3 is 2.61 bits per heavy atom. The lowest BCUT2D eigenvalue weighted by atomic mass is 10.2. The molecule has 0 aliphatic carbocycles. The number of aryl methyl sites for hydroxylation is 3. The zero-order chi connectivity index (χ0) is 13.4. The van der Waals surface area contributed by atoms with Gasteiger partial charge < -0.3 is 11.1 Å². The van der Waals surface area contributed by atoms with Crippen LogP contribution in [0.5, 0.6) is 0 Å². The Balaban J connectivity index is 2.43. The van der Waals surface area contributed by atoms with Crippen molar-refractivity contribution in [1.29, 1.82) is 0 Å². The van der Waals surface area contributed by atoms with Crippen molar-refractivity contribution in [3.63, 3.8) is 0 Å². The quantitative estimate of drug-likeness (QED) is 0.895. The monoisotopic (exact) mass is 312 g/mol. The molecule has 6 heteroatoms. The fourth-order valence-corrected chi connectivity index (χ4v) is 2.07. The highest BCUT2D eigenvalue weighted by Gasteiger charge is 2.12. The predicted molar refractivity (Wildman–Crippen MR) is 74.5 cm³/mol. The summed E-state index contributed by atoms with van der Waals surface area (Å²) in [4.78, 5) is 0. The third-order valence-corrected chi connectivity index (χ3v) is 3.40. The third kappa shape index (κ3) is 2.20. The number of hydrogen-bond donors (Lipinski definition) is 2. The van der Waals surface area contributed by atoms with Gasteiger partial charge in [0.2, 0.25) is 0 Å². The molecule has 0 fully saturated rings. The smallest absolute Gasteiger partial charge is 0.152 e. The Hall–Kier alpha value is -1.56. The number of rotatable bonds is 2. The second-order valence-corrected chi connectivity index (χ2v) is 5.03. The van der Waals surface area contributed by atoms with Crippen molar-refractivity contribution < 1.29 is 4.39 Å². The molecule has 1 aromatic carbocycles. The van der Waals surface area contributed by atoms with Gasteiger partial charge in [-0.05, 0) is 47.5 Å². The number of nitrogen functional groups attached to an aromatic ring is 1. The van der Waals surface area contributed by atoms with Crippen LogP contribution < -0.4 is 11.1 Å². The maximum Gasteiger partial charge on any atom is 0.152 e. The Morgan fingerprint density at radius 2 is 2.06 bits per heavy atom. The summed E-state index contributed by atoms with van der Waals surface area (Å²) in [5.74, 6) is 0.418. The van der Waals surface area contributed by atoms with E-state index in [0.29, 0.717) is 16.0 Å². The normalized spacial score (nSPS) is 10.7. The average molecular weight is 313 g/mol. The number of nitrogens with zero attached hydrogens (tertiary/aromatic N) is 2. The van der Waals surface area contributed by atoms with E-state index < -0.39 is 0 Å². The van der Waals surface area contributed by atoms with Crippen LogP contribution in [0.1, 0.15) is 11.3 Å². The Kier molecular flexibility index (Phi) is 3.30. The molecule has 0 saturated carbocycles. The standard InChI is InChI=1S/C12H14BrFN4/c1-6-4-9(14)8(13)5-10(6)16-12-11(15)7(2)17-18(12)3/h4-5,16H,15H2,1-3H3. The molecule has 0 atom stereocenters. The highest BCUT2D eigenvalue weighted by molar-refractivity contribution is 9.10. The second kappa shape index (κ2) is 4.61. The highest BCUT2D eigenvalue weighted by atomic mass is 79.9. The zero-order valence-corrected chi connectivity index (χ0v) is 12.0. The molecule has 18 heavy (non-hydrogen) atoms. The largest absolute Gasteiger partial charge is 0.394 e. The lowest BCUT2D eigenvalue weighted by Crippen LogP contribution is -2.03. The number of halogens is 2. The molecule has 2 aromatic rings. The molecule has 4 nitrogen and oxygen atoms in total. The van der Waals surface area contributed by atoms with Crippen molar-refractivity contribution >= 4 is 33.1 Å². The SMILES string of the molecule is Cc1cc(F)c(Br)cc1Nc1c(N)c(C)nn1C. The first kappa shape index (κ1) is 12.9. The Labute approximate surface area is 113 Å². The van der Waals surface area contributed by atoms with Crippen LogP contribution in [0.3, 0.4) is 0 Å². The summed E-state index contributed by atoms with van der Waals surface area (Å²) in [6.45, 7) is 3.67. The molecule has 3 N–H and O–H groups in total. The maximum atomic E-state index is 13.3. The minimum Gasteiger partial charge on any atom is -0.394 e. The van der Waals surface area contributed by atoms with Gasteiger partial charge in [-0.3, -0.25) is 4.68 Å². The molecule has 1 aromatic heterocycles.